The number of anilines is 1. The van der Waals surface area contributed by atoms with Crippen LogP contribution in [0.3, 0.4) is 0 Å². The van der Waals surface area contributed by atoms with Gasteiger partial charge < -0.3 is 9.26 Å². The van der Waals surface area contributed by atoms with Crippen LogP contribution in [0.2, 0.25) is 0 Å². The van der Waals surface area contributed by atoms with Gasteiger partial charge in [0.25, 0.3) is 10.0 Å². The maximum absolute atomic E-state index is 14.5. The summed E-state index contributed by atoms with van der Waals surface area (Å²) < 4.78 is 52.9. The highest BCUT2D eigenvalue weighted by molar-refractivity contribution is 7.92. The molecule has 0 saturated heterocycles. The zero-order valence-electron chi connectivity index (χ0n) is 20.6. The van der Waals surface area contributed by atoms with Crippen molar-refractivity contribution >= 4 is 26.7 Å². The van der Waals surface area contributed by atoms with Crippen molar-refractivity contribution in [3.05, 3.63) is 84.1 Å². The van der Waals surface area contributed by atoms with Crippen molar-refractivity contribution in [2.24, 2.45) is 0 Å². The Labute approximate surface area is 218 Å². The predicted molar refractivity (Wildman–Crippen MR) is 141 cm³/mol. The van der Waals surface area contributed by atoms with Crippen LogP contribution >= 0.6 is 0 Å². The third-order valence-electron chi connectivity index (χ3n) is 6.68. The third kappa shape index (κ3) is 4.47. The molecule has 3 aromatic carbocycles. The summed E-state index contributed by atoms with van der Waals surface area (Å²) in [5.74, 6) is 0.819. The van der Waals surface area contributed by atoms with E-state index in [1.807, 2.05) is 19.1 Å². The van der Waals surface area contributed by atoms with Crippen LogP contribution < -0.4 is 9.46 Å². The first-order valence-electron chi connectivity index (χ1n) is 12.0. The largest absolute Gasteiger partial charge is 0.496 e. The van der Waals surface area contributed by atoms with E-state index in [-0.39, 0.29) is 16.5 Å². The van der Waals surface area contributed by atoms with Crippen LogP contribution in [0.15, 0.2) is 76.6 Å². The summed E-state index contributed by atoms with van der Waals surface area (Å²) in [6.45, 7) is 1.96. The molecule has 1 N–H and O–H groups in total. The van der Waals surface area contributed by atoms with Gasteiger partial charge in [-0.05, 0) is 90.4 Å². The molecule has 6 rings (SSSR count). The Balaban J connectivity index is 1.42. The average Bonchev–Trinajstić information content (AvgIpc) is 3.64. The third-order valence-corrected chi connectivity index (χ3v) is 8.03. The number of hydrogen-bond acceptors (Lipinski definition) is 7. The molecule has 0 atom stereocenters. The molecule has 0 amide bonds. The molecule has 1 saturated carbocycles. The standard InChI is InChI=1S/C28H23FN4O4S/c1-16-9-24(26(36-2)14-23(16)19-10-18(17-3-4-17)11-20(29)12-19)28-22-6-5-21(13-25(22)30-15-31-28)38(34,35)33-27-7-8-37-32-27/h5-15,17H,3-4H2,1-2H3,(H,32,33). The minimum atomic E-state index is -3.91. The van der Waals surface area contributed by atoms with Crippen molar-refractivity contribution < 1.29 is 22.1 Å². The Hall–Kier alpha value is -4.31. The van der Waals surface area contributed by atoms with Gasteiger partial charge in [0.1, 0.15) is 24.2 Å². The first-order chi connectivity index (χ1) is 18.3. The molecule has 1 fully saturated rings. The lowest BCUT2D eigenvalue weighted by atomic mass is 9.93. The molecule has 1 aliphatic rings. The molecule has 8 nitrogen and oxygen atoms in total. The summed E-state index contributed by atoms with van der Waals surface area (Å²) in [5.41, 5.74) is 5.38. The summed E-state index contributed by atoms with van der Waals surface area (Å²) in [4.78, 5) is 8.83. The van der Waals surface area contributed by atoms with E-state index in [0.29, 0.717) is 28.3 Å². The highest BCUT2D eigenvalue weighted by Crippen LogP contribution is 2.43. The van der Waals surface area contributed by atoms with Gasteiger partial charge in [0.2, 0.25) is 0 Å². The average molecular weight is 531 g/mol. The summed E-state index contributed by atoms with van der Waals surface area (Å²) in [5, 5.41) is 4.25. The van der Waals surface area contributed by atoms with Crippen LogP contribution in [-0.4, -0.2) is 30.7 Å². The summed E-state index contributed by atoms with van der Waals surface area (Å²) >= 11 is 0. The van der Waals surface area contributed by atoms with Gasteiger partial charge in [0.15, 0.2) is 5.82 Å². The number of sulfonamides is 1. The Kier molecular flexibility index (Phi) is 5.83. The predicted octanol–water partition coefficient (Wildman–Crippen LogP) is 6.09. The van der Waals surface area contributed by atoms with Crippen LogP contribution in [-0.2, 0) is 10.0 Å². The molecule has 192 valence electrons. The quantitative estimate of drug-likeness (QED) is 0.271. The Morgan fingerprint density at radius 3 is 2.61 bits per heavy atom. The highest BCUT2D eigenvalue weighted by atomic mass is 32.2. The number of benzene rings is 3. The van der Waals surface area contributed by atoms with Gasteiger partial charge in [0, 0.05) is 17.0 Å². The van der Waals surface area contributed by atoms with Crippen LogP contribution in [0.5, 0.6) is 5.75 Å². The number of aryl methyl sites for hydroxylation is 1. The maximum Gasteiger partial charge on any atom is 0.263 e. The molecule has 2 aromatic heterocycles. The van der Waals surface area contributed by atoms with Crippen molar-refractivity contribution in [3.63, 3.8) is 0 Å². The zero-order valence-corrected chi connectivity index (χ0v) is 21.4. The number of fused-ring (bicyclic) bond motifs is 1. The number of methoxy groups -OCH3 is 1. The van der Waals surface area contributed by atoms with E-state index < -0.39 is 10.0 Å². The molecule has 10 heteroatoms. The second-order valence-corrected chi connectivity index (χ2v) is 11.0. The number of nitrogens with one attached hydrogen (secondary N) is 1. The topological polar surface area (TPSA) is 107 Å². The van der Waals surface area contributed by atoms with Crippen molar-refractivity contribution in [1.29, 1.82) is 0 Å². The van der Waals surface area contributed by atoms with Crippen LogP contribution in [0.1, 0.15) is 29.9 Å². The minimum Gasteiger partial charge on any atom is -0.496 e. The Morgan fingerprint density at radius 2 is 1.87 bits per heavy atom. The Morgan fingerprint density at radius 1 is 1.03 bits per heavy atom. The minimum absolute atomic E-state index is 0.0220. The molecular weight excluding hydrogens is 507 g/mol. The second-order valence-electron chi connectivity index (χ2n) is 9.31. The highest BCUT2D eigenvalue weighted by Gasteiger charge is 2.25. The number of rotatable bonds is 7. The van der Waals surface area contributed by atoms with Gasteiger partial charge >= 0.3 is 0 Å². The molecule has 0 aliphatic heterocycles. The summed E-state index contributed by atoms with van der Waals surface area (Å²) in [6, 6.07) is 15.1. The first-order valence-corrected chi connectivity index (χ1v) is 13.5. The number of ether oxygens (including phenoxy) is 1. The zero-order chi connectivity index (χ0) is 26.4. The molecule has 0 spiro atoms. The summed E-state index contributed by atoms with van der Waals surface area (Å²) in [6.07, 6.45) is 4.84. The van der Waals surface area contributed by atoms with E-state index in [1.54, 1.807) is 25.3 Å². The lowest BCUT2D eigenvalue weighted by Crippen LogP contribution is -2.13. The molecule has 5 aromatic rings. The molecule has 0 bridgehead atoms. The maximum atomic E-state index is 14.5. The van der Waals surface area contributed by atoms with Crippen molar-refractivity contribution in [3.8, 4) is 28.1 Å². The normalized spacial score (nSPS) is 13.6. The number of aromatic nitrogens is 3. The van der Waals surface area contributed by atoms with Gasteiger partial charge in [-0.2, -0.15) is 0 Å². The van der Waals surface area contributed by atoms with E-state index in [9.17, 15) is 12.8 Å². The fourth-order valence-corrected chi connectivity index (χ4v) is 5.67. The van der Waals surface area contributed by atoms with Crippen LogP contribution in [0, 0.1) is 12.7 Å². The van der Waals surface area contributed by atoms with Crippen molar-refractivity contribution in [2.75, 3.05) is 11.8 Å². The van der Waals surface area contributed by atoms with Gasteiger partial charge in [-0.25, -0.2) is 22.8 Å². The fraction of sp³-hybridized carbons (Fsp3) is 0.179. The van der Waals surface area contributed by atoms with Gasteiger partial charge in [-0.1, -0.05) is 11.2 Å². The molecule has 0 radical (unpaired) electrons. The van der Waals surface area contributed by atoms with Crippen LogP contribution in [0.4, 0.5) is 10.2 Å². The lowest BCUT2D eigenvalue weighted by molar-refractivity contribution is 0.416. The van der Waals surface area contributed by atoms with Gasteiger partial charge in [-0.15, -0.1) is 0 Å². The van der Waals surface area contributed by atoms with Gasteiger partial charge in [0.05, 0.1) is 23.2 Å². The van der Waals surface area contributed by atoms with E-state index >= 15 is 0 Å². The van der Waals surface area contributed by atoms with E-state index in [0.717, 1.165) is 40.7 Å². The summed E-state index contributed by atoms with van der Waals surface area (Å²) in [7, 11) is -2.33. The molecule has 2 heterocycles. The number of hydrogen-bond donors (Lipinski definition) is 1. The SMILES string of the molecule is COc1cc(-c2cc(F)cc(C3CC3)c2)c(C)cc1-c1ncnc2cc(S(=O)(=O)Nc3ccon3)ccc12. The molecular formula is C28H23FN4O4S. The molecule has 0 unspecified atom stereocenters. The Bertz CT molecular complexity index is 1780. The molecule has 1 aliphatic carbocycles. The van der Waals surface area contributed by atoms with Crippen LogP contribution in [0.25, 0.3) is 33.3 Å². The van der Waals surface area contributed by atoms with Crippen molar-refractivity contribution in [2.45, 2.75) is 30.6 Å². The first kappa shape index (κ1) is 24.1. The van der Waals surface area contributed by atoms with Crippen molar-refractivity contribution in [1.82, 2.24) is 15.1 Å². The monoisotopic (exact) mass is 530 g/mol. The smallest absolute Gasteiger partial charge is 0.263 e. The number of nitrogens with zero attached hydrogens (tertiary/aromatic N) is 3. The second kappa shape index (κ2) is 9.21. The molecule has 38 heavy (non-hydrogen) atoms. The fourth-order valence-electron chi connectivity index (χ4n) is 4.65. The lowest BCUT2D eigenvalue weighted by Gasteiger charge is -2.16. The number of halogens is 1. The van der Waals surface area contributed by atoms with E-state index in [2.05, 4.69) is 25.9 Å². The van der Waals surface area contributed by atoms with Gasteiger partial charge in [-0.3, -0.25) is 4.72 Å². The van der Waals surface area contributed by atoms with E-state index in [4.69, 9.17) is 9.26 Å². The van der Waals surface area contributed by atoms with E-state index in [1.165, 1.54) is 30.8 Å².